The van der Waals surface area contributed by atoms with Crippen LogP contribution in [0.4, 0.5) is 0 Å². The van der Waals surface area contributed by atoms with Gasteiger partial charge in [0.1, 0.15) is 0 Å². The molecule has 3 rings (SSSR count). The number of likely N-dealkylation sites (tertiary alicyclic amines) is 1. The van der Waals surface area contributed by atoms with Crippen molar-refractivity contribution in [3.05, 3.63) is 54.6 Å². The maximum absolute atomic E-state index is 4.56. The molecule has 1 saturated heterocycles. The monoisotopic (exact) mass is 481 g/mol. The number of rotatable bonds is 5. The SMILES string of the molecule is CCC(CNC(=NC)N1CCC(C)C(n2ccnc2)C1)c1ccccc1.I. The first-order valence-electron chi connectivity index (χ1n) is 9.70. The van der Waals surface area contributed by atoms with Crippen LogP contribution in [0.25, 0.3) is 0 Å². The van der Waals surface area contributed by atoms with Crippen molar-refractivity contribution in [3.63, 3.8) is 0 Å². The van der Waals surface area contributed by atoms with Crippen molar-refractivity contribution in [3.8, 4) is 0 Å². The zero-order chi connectivity index (χ0) is 18.4. The van der Waals surface area contributed by atoms with Gasteiger partial charge in [0.25, 0.3) is 0 Å². The second kappa shape index (κ2) is 10.7. The molecule has 1 aliphatic rings. The Bertz CT molecular complexity index is 686. The molecule has 1 N–H and O–H groups in total. The third-order valence-electron chi connectivity index (χ3n) is 5.61. The molecule has 2 heterocycles. The molecule has 0 radical (unpaired) electrons. The predicted molar refractivity (Wildman–Crippen MR) is 123 cm³/mol. The van der Waals surface area contributed by atoms with E-state index < -0.39 is 0 Å². The minimum absolute atomic E-state index is 0. The lowest BCUT2D eigenvalue weighted by Crippen LogP contribution is -2.49. The Balaban J connectivity index is 0.00000261. The van der Waals surface area contributed by atoms with Gasteiger partial charge in [-0.15, -0.1) is 24.0 Å². The number of hydrogen-bond acceptors (Lipinski definition) is 2. The van der Waals surface area contributed by atoms with Crippen LogP contribution in [0.2, 0.25) is 0 Å². The normalized spacial score (nSPS) is 21.4. The highest BCUT2D eigenvalue weighted by Crippen LogP contribution is 2.27. The first-order chi connectivity index (χ1) is 12.7. The van der Waals surface area contributed by atoms with Crippen molar-refractivity contribution in [2.75, 3.05) is 26.7 Å². The van der Waals surface area contributed by atoms with Gasteiger partial charge in [0.2, 0.25) is 0 Å². The molecule has 5 nitrogen and oxygen atoms in total. The van der Waals surface area contributed by atoms with Crippen LogP contribution in [-0.2, 0) is 0 Å². The highest BCUT2D eigenvalue weighted by Gasteiger charge is 2.29. The second-order valence-electron chi connectivity index (χ2n) is 7.23. The first-order valence-corrected chi connectivity index (χ1v) is 9.70. The Hall–Kier alpha value is -1.57. The summed E-state index contributed by atoms with van der Waals surface area (Å²) >= 11 is 0. The molecule has 0 spiro atoms. The van der Waals surface area contributed by atoms with E-state index in [1.807, 2.05) is 19.6 Å². The van der Waals surface area contributed by atoms with Crippen LogP contribution in [-0.4, -0.2) is 47.1 Å². The van der Waals surface area contributed by atoms with Crippen LogP contribution in [0.5, 0.6) is 0 Å². The minimum Gasteiger partial charge on any atom is -0.356 e. The van der Waals surface area contributed by atoms with E-state index in [4.69, 9.17) is 0 Å². The Labute approximate surface area is 180 Å². The van der Waals surface area contributed by atoms with E-state index in [0.29, 0.717) is 17.9 Å². The molecule has 1 aliphatic heterocycles. The molecule has 3 atom stereocenters. The predicted octanol–water partition coefficient (Wildman–Crippen LogP) is 4.15. The van der Waals surface area contributed by atoms with Gasteiger partial charge < -0.3 is 14.8 Å². The number of aromatic nitrogens is 2. The van der Waals surface area contributed by atoms with Crippen molar-refractivity contribution in [2.45, 2.75) is 38.6 Å². The number of hydrogen-bond donors (Lipinski definition) is 1. The summed E-state index contributed by atoms with van der Waals surface area (Å²) < 4.78 is 2.24. The Kier molecular flexibility index (Phi) is 8.60. The molecule has 27 heavy (non-hydrogen) atoms. The van der Waals surface area contributed by atoms with E-state index >= 15 is 0 Å². The van der Waals surface area contributed by atoms with Crippen LogP contribution in [0.3, 0.4) is 0 Å². The molecule has 0 aliphatic carbocycles. The van der Waals surface area contributed by atoms with Gasteiger partial charge >= 0.3 is 0 Å². The van der Waals surface area contributed by atoms with Crippen LogP contribution in [0, 0.1) is 5.92 Å². The van der Waals surface area contributed by atoms with Crippen molar-refractivity contribution in [1.29, 1.82) is 0 Å². The number of benzene rings is 1. The van der Waals surface area contributed by atoms with Gasteiger partial charge in [0.05, 0.1) is 12.4 Å². The Morgan fingerprint density at radius 1 is 1.33 bits per heavy atom. The third kappa shape index (κ3) is 5.46. The summed E-state index contributed by atoms with van der Waals surface area (Å²) in [6.45, 7) is 7.52. The average molecular weight is 481 g/mol. The number of aliphatic imine (C=N–C) groups is 1. The van der Waals surface area contributed by atoms with E-state index in [-0.39, 0.29) is 24.0 Å². The summed E-state index contributed by atoms with van der Waals surface area (Å²) in [7, 11) is 1.88. The van der Waals surface area contributed by atoms with E-state index in [9.17, 15) is 0 Å². The summed E-state index contributed by atoms with van der Waals surface area (Å²) in [5, 5.41) is 3.62. The second-order valence-corrected chi connectivity index (χ2v) is 7.23. The smallest absolute Gasteiger partial charge is 0.193 e. The number of piperidine rings is 1. The fourth-order valence-electron chi connectivity index (χ4n) is 3.86. The van der Waals surface area contributed by atoms with E-state index in [0.717, 1.165) is 32.0 Å². The lowest BCUT2D eigenvalue weighted by atomic mass is 9.93. The summed E-state index contributed by atoms with van der Waals surface area (Å²) in [4.78, 5) is 11.2. The number of nitrogens with zero attached hydrogens (tertiary/aromatic N) is 4. The van der Waals surface area contributed by atoms with Crippen LogP contribution in [0.15, 0.2) is 54.0 Å². The number of nitrogens with one attached hydrogen (secondary N) is 1. The van der Waals surface area contributed by atoms with E-state index in [1.54, 1.807) is 0 Å². The highest BCUT2D eigenvalue weighted by molar-refractivity contribution is 14.0. The topological polar surface area (TPSA) is 45.5 Å². The molecule has 1 fully saturated rings. The lowest BCUT2D eigenvalue weighted by molar-refractivity contribution is 0.189. The van der Waals surface area contributed by atoms with Crippen molar-refractivity contribution in [2.24, 2.45) is 10.9 Å². The molecule has 3 unspecified atom stereocenters. The van der Waals surface area contributed by atoms with E-state index in [1.165, 1.54) is 12.0 Å². The van der Waals surface area contributed by atoms with Crippen LogP contribution in [0.1, 0.15) is 44.2 Å². The minimum atomic E-state index is 0. The van der Waals surface area contributed by atoms with Gasteiger partial charge in [0.15, 0.2) is 5.96 Å². The first kappa shape index (κ1) is 21.7. The fourth-order valence-corrected chi connectivity index (χ4v) is 3.86. The zero-order valence-corrected chi connectivity index (χ0v) is 18.9. The lowest BCUT2D eigenvalue weighted by Gasteiger charge is -2.39. The van der Waals surface area contributed by atoms with Crippen LogP contribution < -0.4 is 5.32 Å². The van der Waals surface area contributed by atoms with Crippen LogP contribution >= 0.6 is 24.0 Å². The van der Waals surface area contributed by atoms with Gasteiger partial charge in [0, 0.05) is 45.0 Å². The largest absolute Gasteiger partial charge is 0.356 e. The number of guanidine groups is 1. The third-order valence-corrected chi connectivity index (χ3v) is 5.61. The molecule has 1 aromatic carbocycles. The molecule has 0 amide bonds. The highest BCUT2D eigenvalue weighted by atomic mass is 127. The molecule has 0 bridgehead atoms. The zero-order valence-electron chi connectivity index (χ0n) is 16.6. The van der Waals surface area contributed by atoms with Gasteiger partial charge in [-0.25, -0.2) is 4.98 Å². The maximum atomic E-state index is 4.56. The molecule has 148 valence electrons. The average Bonchev–Trinajstić information content (AvgIpc) is 3.21. The molecular weight excluding hydrogens is 449 g/mol. The standard InChI is InChI=1S/C21H31N5.HI/c1-4-18(19-8-6-5-7-9-19)14-24-21(22-3)25-12-10-17(2)20(15-25)26-13-11-23-16-26;/h5-9,11,13,16-18,20H,4,10,12,14-15H2,1-3H3,(H,22,24);1H. The Morgan fingerprint density at radius 2 is 2.11 bits per heavy atom. The summed E-state index contributed by atoms with van der Waals surface area (Å²) in [5.74, 6) is 2.16. The molecule has 6 heteroatoms. The summed E-state index contributed by atoms with van der Waals surface area (Å²) in [6.07, 6.45) is 8.15. The van der Waals surface area contributed by atoms with Crippen molar-refractivity contribution >= 4 is 29.9 Å². The van der Waals surface area contributed by atoms with Crippen molar-refractivity contribution in [1.82, 2.24) is 19.8 Å². The summed E-state index contributed by atoms with van der Waals surface area (Å²) in [6, 6.07) is 11.2. The van der Waals surface area contributed by atoms with Gasteiger partial charge in [-0.1, -0.05) is 44.2 Å². The quantitative estimate of drug-likeness (QED) is 0.397. The molecule has 1 aromatic heterocycles. The summed E-state index contributed by atoms with van der Waals surface area (Å²) in [5.41, 5.74) is 1.39. The number of imidazole rings is 1. The Morgan fingerprint density at radius 3 is 2.74 bits per heavy atom. The van der Waals surface area contributed by atoms with Gasteiger partial charge in [-0.05, 0) is 24.3 Å². The van der Waals surface area contributed by atoms with E-state index in [2.05, 4.69) is 75.1 Å². The molecular formula is C21H32IN5. The molecule has 2 aromatic rings. The maximum Gasteiger partial charge on any atom is 0.193 e. The van der Waals surface area contributed by atoms with Gasteiger partial charge in [-0.2, -0.15) is 0 Å². The molecule has 0 saturated carbocycles. The number of halogens is 1. The van der Waals surface area contributed by atoms with Gasteiger partial charge in [-0.3, -0.25) is 4.99 Å². The van der Waals surface area contributed by atoms with Crippen molar-refractivity contribution < 1.29 is 0 Å². The fraction of sp³-hybridized carbons (Fsp3) is 0.524.